The van der Waals surface area contributed by atoms with Crippen LogP contribution in [0.2, 0.25) is 0 Å². The molecule has 0 bridgehead atoms. The van der Waals surface area contributed by atoms with Crippen molar-refractivity contribution in [1.29, 1.82) is 0 Å². The minimum atomic E-state index is -3.83. The summed E-state index contributed by atoms with van der Waals surface area (Å²) in [6.45, 7) is 15.5. The zero-order valence-corrected chi connectivity index (χ0v) is 39.1. The lowest BCUT2D eigenvalue weighted by atomic mass is 9.81. The summed E-state index contributed by atoms with van der Waals surface area (Å²) in [4.78, 5) is 15.6. The third-order valence-electron chi connectivity index (χ3n) is 10.6. The molecule has 0 saturated carbocycles. The van der Waals surface area contributed by atoms with Crippen molar-refractivity contribution < 1.29 is 61.7 Å². The largest absolute Gasteiger partial charge is 0.344 e. The summed E-state index contributed by atoms with van der Waals surface area (Å²) in [7, 11) is -2.28. The molecule has 2 aliphatic rings. The predicted molar refractivity (Wildman–Crippen MR) is 239 cm³/mol. The molecule has 336 valence electrons. The monoisotopic (exact) mass is 924 g/mol. The molecule has 0 spiro atoms. The molecule has 2 aliphatic heterocycles. The van der Waals surface area contributed by atoms with Crippen molar-refractivity contribution >= 4 is 69.0 Å². The highest BCUT2D eigenvalue weighted by atomic mass is 32.2. The zero-order chi connectivity index (χ0) is 44.8. The van der Waals surface area contributed by atoms with E-state index in [1.54, 1.807) is 19.2 Å². The molecule has 19 heteroatoms. The molecule has 0 saturated heterocycles. The summed E-state index contributed by atoms with van der Waals surface area (Å²) in [6, 6.07) is 11.2. The second-order valence-electron chi connectivity index (χ2n) is 16.4. The SMILES string of the molecule is CN(CCCC(=O)C(C)(C)C)S(=O)(=O)c1ccc2c(c1)C(C)(C)\C(=C/C=C/C=C/C=C/C1=[N+](CCCSOOO)c3ccc(SOOO)cc3C1(C)C)N2CCCSOOO. The quantitative estimate of drug-likeness (QED) is 0.0214. The van der Waals surface area contributed by atoms with Gasteiger partial charge in [-0.1, -0.05) is 80.1 Å². The summed E-state index contributed by atoms with van der Waals surface area (Å²) in [6.07, 6.45) is 16.1. The Hall–Kier alpha value is -2.86. The van der Waals surface area contributed by atoms with Crippen LogP contribution in [-0.4, -0.2) is 82.8 Å². The van der Waals surface area contributed by atoms with E-state index >= 15 is 0 Å². The molecule has 3 N–H and O–H groups in total. The number of carbonyl (C=O) groups is 1. The van der Waals surface area contributed by atoms with Crippen molar-refractivity contribution in [2.45, 2.75) is 94.8 Å². The van der Waals surface area contributed by atoms with Gasteiger partial charge in [-0.25, -0.2) is 28.5 Å². The van der Waals surface area contributed by atoms with Gasteiger partial charge in [0.05, 0.1) is 22.4 Å². The highest BCUT2D eigenvalue weighted by Crippen LogP contribution is 2.49. The van der Waals surface area contributed by atoms with Crippen LogP contribution in [0.15, 0.2) is 94.4 Å². The average Bonchev–Trinajstić information content (AvgIpc) is 3.56. The third-order valence-corrected chi connectivity index (χ3v) is 14.3. The number of fused-ring (bicyclic) bond motifs is 2. The third kappa shape index (κ3) is 13.1. The van der Waals surface area contributed by atoms with Crippen LogP contribution in [0.1, 0.15) is 85.3 Å². The van der Waals surface area contributed by atoms with Gasteiger partial charge in [0, 0.05) is 113 Å². The average molecular weight is 925 g/mol. The van der Waals surface area contributed by atoms with E-state index < -0.39 is 20.9 Å². The molecule has 0 atom stereocenters. The van der Waals surface area contributed by atoms with Crippen LogP contribution in [0.3, 0.4) is 0 Å². The molecule has 0 amide bonds. The fourth-order valence-corrected chi connectivity index (χ4v) is 9.71. The minimum absolute atomic E-state index is 0.0973. The van der Waals surface area contributed by atoms with Crippen LogP contribution in [0.5, 0.6) is 0 Å². The van der Waals surface area contributed by atoms with Crippen molar-refractivity contribution in [1.82, 2.24) is 4.31 Å². The molecular formula is C42H58N3O12S4+. The van der Waals surface area contributed by atoms with Crippen LogP contribution >= 0.6 is 36.1 Å². The van der Waals surface area contributed by atoms with Crippen molar-refractivity contribution in [2.24, 2.45) is 5.41 Å². The molecule has 0 unspecified atom stereocenters. The van der Waals surface area contributed by atoms with Crippen molar-refractivity contribution in [3.05, 3.63) is 95.8 Å². The molecule has 2 aromatic rings. The molecule has 0 aromatic heterocycles. The van der Waals surface area contributed by atoms with Crippen LogP contribution in [0.25, 0.3) is 0 Å². The van der Waals surface area contributed by atoms with Crippen LogP contribution < -0.4 is 4.90 Å². The fraction of sp³-hybridized carbons (Fsp3) is 0.476. The number of rotatable bonds is 25. The van der Waals surface area contributed by atoms with Gasteiger partial charge in [-0.15, -0.1) is 13.0 Å². The molecule has 2 heterocycles. The van der Waals surface area contributed by atoms with Gasteiger partial charge in [0.2, 0.25) is 15.7 Å². The van der Waals surface area contributed by atoms with E-state index in [1.165, 1.54) is 4.31 Å². The number of anilines is 1. The number of hydrogen-bond acceptors (Lipinski definition) is 16. The zero-order valence-electron chi connectivity index (χ0n) is 35.9. The second kappa shape index (κ2) is 23.2. The highest BCUT2D eigenvalue weighted by Gasteiger charge is 2.44. The van der Waals surface area contributed by atoms with E-state index in [9.17, 15) is 13.2 Å². The van der Waals surface area contributed by atoms with Gasteiger partial charge in [-0.3, -0.25) is 4.79 Å². The number of Topliss-reactive ketones (excluding diaryl/α,β-unsaturated/α-hetero) is 1. The first-order chi connectivity index (χ1) is 28.9. The second-order valence-corrected chi connectivity index (χ2v) is 20.8. The molecule has 2 aromatic carbocycles. The minimum Gasteiger partial charge on any atom is -0.344 e. The Kier molecular flexibility index (Phi) is 19.3. The maximum atomic E-state index is 13.8. The van der Waals surface area contributed by atoms with Gasteiger partial charge in [0.15, 0.2) is 5.71 Å². The first-order valence-corrected chi connectivity index (χ1v) is 23.7. The predicted octanol–water partition coefficient (Wildman–Crippen LogP) is 9.78. The molecule has 0 fully saturated rings. The Balaban J connectivity index is 1.56. The van der Waals surface area contributed by atoms with E-state index in [4.69, 9.17) is 15.8 Å². The Morgan fingerprint density at radius 1 is 0.836 bits per heavy atom. The number of nitrogens with zero attached hydrogens (tertiary/aromatic N) is 3. The van der Waals surface area contributed by atoms with E-state index in [0.29, 0.717) is 43.9 Å². The lowest BCUT2D eigenvalue weighted by Crippen LogP contribution is -2.29. The van der Waals surface area contributed by atoms with Crippen molar-refractivity contribution in [2.75, 3.05) is 43.1 Å². The number of allylic oxidation sites excluding steroid dienone is 8. The number of ketones is 1. The Labute approximate surface area is 372 Å². The number of sulfonamides is 1. The van der Waals surface area contributed by atoms with E-state index in [2.05, 4.69) is 71.4 Å². The molecule has 61 heavy (non-hydrogen) atoms. The van der Waals surface area contributed by atoms with Gasteiger partial charge in [-0.05, 0) is 68.7 Å². The summed E-state index contributed by atoms with van der Waals surface area (Å²) in [5.41, 5.74) is 4.54. The summed E-state index contributed by atoms with van der Waals surface area (Å²) in [5, 5.41) is 37.0. The first kappa shape index (κ1) is 50.8. The summed E-state index contributed by atoms with van der Waals surface area (Å²) < 4.78 is 44.9. The van der Waals surface area contributed by atoms with E-state index in [0.717, 1.165) is 81.4 Å². The fourth-order valence-electron chi connectivity index (χ4n) is 7.36. The van der Waals surface area contributed by atoms with Crippen LogP contribution in [-0.2, 0) is 53.8 Å². The smallest absolute Gasteiger partial charge is 0.242 e. The lowest BCUT2D eigenvalue weighted by Gasteiger charge is -2.27. The standard InChI is InChI=1S/C42H57N3O12S4/c1-40(2,3)39(46)19-14-24-43(8)61(50,51)32-21-23-36-34(30-32)42(6,7)38(45(36)26-16-28-59-56-53-48)18-13-11-9-10-12-17-37-41(4,5)33-29-31(60-57-54-49)20-22-35(33)44(37)25-15-27-58-55-52-47/h9-13,17-18,20-23,29-30H,14-16,19,24-28H2,1-8H3,(H2-,47,48,49)/p+1. The van der Waals surface area contributed by atoms with Crippen molar-refractivity contribution in [3.63, 3.8) is 0 Å². The number of carbonyl (C=O) groups excluding carboxylic acids is 1. The Morgan fingerprint density at radius 3 is 2.16 bits per heavy atom. The van der Waals surface area contributed by atoms with Crippen molar-refractivity contribution in [3.8, 4) is 0 Å². The molecule has 0 aliphatic carbocycles. The molecule has 15 nitrogen and oxygen atoms in total. The number of benzene rings is 2. The first-order valence-electron chi connectivity index (χ1n) is 19.7. The van der Waals surface area contributed by atoms with Gasteiger partial charge in [0.25, 0.3) is 0 Å². The summed E-state index contributed by atoms with van der Waals surface area (Å²) >= 11 is 2.91. The van der Waals surface area contributed by atoms with Crippen LogP contribution in [0, 0.1) is 5.41 Å². The van der Waals surface area contributed by atoms with Gasteiger partial charge in [0.1, 0.15) is 12.3 Å². The lowest BCUT2D eigenvalue weighted by molar-refractivity contribution is -0.438. The number of hydrogen-bond donors (Lipinski definition) is 3. The van der Waals surface area contributed by atoms with Crippen LogP contribution in [0.4, 0.5) is 11.4 Å². The normalized spacial score (nSPS) is 17.0. The maximum absolute atomic E-state index is 13.8. The van der Waals surface area contributed by atoms with E-state index in [1.807, 2.05) is 81.5 Å². The highest BCUT2D eigenvalue weighted by molar-refractivity contribution is 7.95. The maximum Gasteiger partial charge on any atom is 0.242 e. The summed E-state index contributed by atoms with van der Waals surface area (Å²) in [5.74, 6) is 1.22. The van der Waals surface area contributed by atoms with Gasteiger partial charge >= 0.3 is 0 Å². The Morgan fingerprint density at radius 2 is 1.49 bits per heavy atom. The molecular weight excluding hydrogens is 867 g/mol. The molecule has 0 radical (unpaired) electrons. The van der Waals surface area contributed by atoms with E-state index in [-0.39, 0.29) is 22.6 Å². The van der Waals surface area contributed by atoms with Gasteiger partial charge < -0.3 is 4.90 Å². The topological polar surface area (TPSA) is 177 Å². The Bertz CT molecular complexity index is 2080. The van der Waals surface area contributed by atoms with Gasteiger partial charge in [-0.2, -0.15) is 4.58 Å². The molecule has 4 rings (SSSR count).